The maximum absolute atomic E-state index is 13.3. The molecule has 4 aromatic heterocycles. The SMILES string of the molecule is C[C@H](/C=C/n1cnnc1-c1nc(NC(=O)c2cc(-n3cnc(C4CC4)c3)c(N3CCN(CC(F)(F)F)CC3)cn2)cs1)C(F)(F)F. The number of hydrogen-bond acceptors (Lipinski definition) is 9. The molecule has 2 fully saturated rings. The molecule has 0 spiro atoms. The van der Waals surface area contributed by atoms with Gasteiger partial charge in [-0.15, -0.1) is 21.5 Å². The van der Waals surface area contributed by atoms with Gasteiger partial charge in [0.25, 0.3) is 5.91 Å². The number of carbonyl (C=O) groups is 1. The summed E-state index contributed by atoms with van der Waals surface area (Å²) >= 11 is 1.12. The molecule has 11 nitrogen and oxygen atoms in total. The molecule has 46 heavy (non-hydrogen) atoms. The second-order valence-corrected chi connectivity index (χ2v) is 12.0. The summed E-state index contributed by atoms with van der Waals surface area (Å²) in [5, 5.41) is 12.3. The van der Waals surface area contributed by atoms with Gasteiger partial charge in [0.05, 0.1) is 42.1 Å². The van der Waals surface area contributed by atoms with E-state index in [1.807, 2.05) is 11.1 Å². The van der Waals surface area contributed by atoms with Crippen LogP contribution in [-0.4, -0.2) is 90.2 Å². The highest BCUT2D eigenvalue weighted by atomic mass is 32.1. The molecule has 1 atom stereocenters. The van der Waals surface area contributed by atoms with Crippen LogP contribution in [0.25, 0.3) is 22.7 Å². The van der Waals surface area contributed by atoms with Gasteiger partial charge >= 0.3 is 12.4 Å². The van der Waals surface area contributed by atoms with Gasteiger partial charge < -0.3 is 14.8 Å². The number of thiazole rings is 1. The maximum Gasteiger partial charge on any atom is 0.401 e. The molecular weight excluding hydrogens is 638 g/mol. The summed E-state index contributed by atoms with van der Waals surface area (Å²) in [6.45, 7) is 1.18. The molecule has 1 aliphatic carbocycles. The molecule has 6 rings (SSSR count). The number of anilines is 2. The molecule has 0 radical (unpaired) electrons. The van der Waals surface area contributed by atoms with Gasteiger partial charge in [-0.25, -0.2) is 15.0 Å². The summed E-state index contributed by atoms with van der Waals surface area (Å²) in [5.74, 6) is -1.49. The molecule has 18 heteroatoms. The quantitative estimate of drug-likeness (QED) is 0.235. The van der Waals surface area contributed by atoms with E-state index in [-0.39, 0.29) is 30.4 Å². The average molecular weight is 667 g/mol. The molecule has 0 unspecified atom stereocenters. The average Bonchev–Trinajstić information content (AvgIpc) is 3.35. The van der Waals surface area contributed by atoms with Crippen LogP contribution in [0.3, 0.4) is 0 Å². The molecule has 2 aliphatic rings. The summed E-state index contributed by atoms with van der Waals surface area (Å²) in [5.41, 5.74) is 2.26. The lowest BCUT2D eigenvalue weighted by Gasteiger charge is -2.37. The standard InChI is InChI=1S/C28H28F6N10OS/c1-17(28(32,33)34)4-5-43-16-37-40-24(43)26-39-23(13-46-26)38-25(45)19-10-21(44-12-20(36-15-44)18-2-3-18)22(11-35-19)42-8-6-41(7-9-42)14-27(29,30)31/h4-5,10-13,15-18H,2-3,6-9,14H2,1H3,(H,38,45)/b5-4+/t17-/m1/s1. The second-order valence-electron chi connectivity index (χ2n) is 11.1. The topological polar surface area (TPSA) is 110 Å². The van der Waals surface area contributed by atoms with Crippen molar-refractivity contribution in [1.29, 1.82) is 0 Å². The summed E-state index contributed by atoms with van der Waals surface area (Å²) in [4.78, 5) is 29.9. The summed E-state index contributed by atoms with van der Waals surface area (Å²) in [7, 11) is 0. The molecule has 1 saturated heterocycles. The number of imidazole rings is 1. The zero-order chi connectivity index (χ0) is 32.6. The van der Waals surface area contributed by atoms with E-state index >= 15 is 0 Å². The molecule has 5 heterocycles. The number of nitrogens with zero attached hydrogens (tertiary/aromatic N) is 9. The lowest BCUT2D eigenvalue weighted by atomic mass is 10.2. The van der Waals surface area contributed by atoms with E-state index in [0.717, 1.165) is 42.9 Å². The Morgan fingerprint density at radius 1 is 1.09 bits per heavy atom. The van der Waals surface area contributed by atoms with Gasteiger partial charge in [0.2, 0.25) is 0 Å². The molecule has 0 aromatic carbocycles. The molecule has 244 valence electrons. The van der Waals surface area contributed by atoms with E-state index in [0.29, 0.717) is 35.4 Å². The van der Waals surface area contributed by atoms with E-state index in [1.54, 1.807) is 22.3 Å². The highest BCUT2D eigenvalue weighted by molar-refractivity contribution is 7.13. The first-order chi connectivity index (χ1) is 21.8. The molecule has 1 N–H and O–H groups in total. The van der Waals surface area contributed by atoms with Crippen LogP contribution in [0.15, 0.2) is 42.6 Å². The van der Waals surface area contributed by atoms with Crippen molar-refractivity contribution >= 4 is 34.9 Å². The van der Waals surface area contributed by atoms with Gasteiger partial charge in [-0.2, -0.15) is 26.3 Å². The molecule has 4 aromatic rings. The predicted molar refractivity (Wildman–Crippen MR) is 158 cm³/mol. The number of piperazine rings is 1. The molecule has 1 saturated carbocycles. The van der Waals surface area contributed by atoms with Gasteiger partial charge in [0.1, 0.15) is 17.8 Å². The van der Waals surface area contributed by atoms with Crippen LogP contribution in [0.2, 0.25) is 0 Å². The van der Waals surface area contributed by atoms with Crippen molar-refractivity contribution in [2.24, 2.45) is 5.92 Å². The van der Waals surface area contributed by atoms with Crippen LogP contribution < -0.4 is 10.2 Å². The Hall–Kier alpha value is -4.32. The number of alkyl halides is 6. The number of allylic oxidation sites excluding steroid dienone is 1. The molecule has 1 amide bonds. The van der Waals surface area contributed by atoms with Gasteiger partial charge in [0, 0.05) is 49.9 Å². The number of aromatic nitrogens is 7. The predicted octanol–water partition coefficient (Wildman–Crippen LogP) is 5.47. The number of amides is 1. The number of nitrogens with one attached hydrogen (secondary N) is 1. The third kappa shape index (κ3) is 7.38. The monoisotopic (exact) mass is 666 g/mol. The lowest BCUT2D eigenvalue weighted by molar-refractivity contribution is -0.156. The number of halogens is 6. The number of pyridine rings is 1. The van der Waals surface area contributed by atoms with E-state index in [4.69, 9.17) is 0 Å². The van der Waals surface area contributed by atoms with Crippen LogP contribution in [-0.2, 0) is 0 Å². The highest BCUT2D eigenvalue weighted by Crippen LogP contribution is 2.39. The molecule has 0 bridgehead atoms. The molecule has 1 aliphatic heterocycles. The van der Waals surface area contributed by atoms with Crippen LogP contribution in [0.4, 0.5) is 37.8 Å². The first-order valence-electron chi connectivity index (χ1n) is 14.3. The van der Waals surface area contributed by atoms with Gasteiger partial charge in [-0.1, -0.05) is 13.0 Å². The number of hydrogen-bond donors (Lipinski definition) is 1. The molecular formula is C28H28F6N10OS. The van der Waals surface area contributed by atoms with Crippen molar-refractivity contribution in [3.05, 3.63) is 54.0 Å². The lowest BCUT2D eigenvalue weighted by Crippen LogP contribution is -2.49. The minimum atomic E-state index is -4.39. The summed E-state index contributed by atoms with van der Waals surface area (Å²) < 4.78 is 80.6. The van der Waals surface area contributed by atoms with Gasteiger partial charge in [-0.3, -0.25) is 14.3 Å². The van der Waals surface area contributed by atoms with Crippen LogP contribution >= 0.6 is 11.3 Å². The van der Waals surface area contributed by atoms with Gasteiger partial charge in [-0.05, 0) is 18.9 Å². The van der Waals surface area contributed by atoms with Crippen LogP contribution in [0.1, 0.15) is 41.9 Å². The smallest absolute Gasteiger partial charge is 0.366 e. The fourth-order valence-corrected chi connectivity index (χ4v) is 5.66. The van der Waals surface area contributed by atoms with E-state index in [9.17, 15) is 31.1 Å². The van der Waals surface area contributed by atoms with Crippen molar-refractivity contribution in [2.45, 2.75) is 38.0 Å². The van der Waals surface area contributed by atoms with Crippen LogP contribution in [0, 0.1) is 5.92 Å². The van der Waals surface area contributed by atoms with E-state index in [1.165, 1.54) is 28.2 Å². The Kier molecular flexibility index (Phi) is 8.58. The zero-order valence-corrected chi connectivity index (χ0v) is 25.1. The Morgan fingerprint density at radius 2 is 1.85 bits per heavy atom. The van der Waals surface area contributed by atoms with Crippen molar-refractivity contribution in [3.8, 4) is 16.5 Å². The minimum Gasteiger partial charge on any atom is -0.366 e. The Bertz CT molecular complexity index is 1720. The third-order valence-corrected chi connectivity index (χ3v) is 8.49. The number of rotatable bonds is 9. The normalized spacial score (nSPS) is 17.2. The van der Waals surface area contributed by atoms with Gasteiger partial charge in [0.15, 0.2) is 10.8 Å². The van der Waals surface area contributed by atoms with E-state index < -0.39 is 30.7 Å². The van der Waals surface area contributed by atoms with Crippen LogP contribution in [0.5, 0.6) is 0 Å². The largest absolute Gasteiger partial charge is 0.401 e. The fourth-order valence-electron chi connectivity index (χ4n) is 4.92. The third-order valence-electron chi connectivity index (χ3n) is 7.65. The first kappa shape index (κ1) is 31.7. The maximum atomic E-state index is 13.3. The van der Waals surface area contributed by atoms with E-state index in [2.05, 4.69) is 30.5 Å². The zero-order valence-electron chi connectivity index (χ0n) is 24.3. The number of carbonyl (C=O) groups excluding carboxylic acids is 1. The van der Waals surface area contributed by atoms with Crippen molar-refractivity contribution < 1.29 is 31.1 Å². The fraction of sp³-hybridized carbons (Fsp3) is 0.429. The minimum absolute atomic E-state index is 0.0675. The van der Waals surface area contributed by atoms with Crippen molar-refractivity contribution in [2.75, 3.05) is 42.9 Å². The second kappa shape index (κ2) is 12.5. The Labute approximate surface area is 262 Å². The Morgan fingerprint density at radius 3 is 2.54 bits per heavy atom. The summed E-state index contributed by atoms with van der Waals surface area (Å²) in [6.07, 6.45) is 1.94. The Balaban J connectivity index is 1.20. The van der Waals surface area contributed by atoms with Crippen molar-refractivity contribution in [1.82, 2.24) is 39.2 Å². The highest BCUT2D eigenvalue weighted by Gasteiger charge is 2.34. The van der Waals surface area contributed by atoms with Crippen molar-refractivity contribution in [3.63, 3.8) is 0 Å². The summed E-state index contributed by atoms with van der Waals surface area (Å²) in [6, 6.07) is 1.60. The first-order valence-corrected chi connectivity index (χ1v) is 15.2.